The van der Waals surface area contributed by atoms with Crippen LogP contribution >= 0.6 is 11.3 Å². The summed E-state index contributed by atoms with van der Waals surface area (Å²) in [7, 11) is 0. The standard InChI is InChI=1S/C43H25N5S/c44-25-27-12-16-37-38-17-15-31(24-40(38)49-39(37)19-27)34-21-35(33-11-6-18-45-26-33)23-36(22-34)43-47-41(29-8-2-1-3-9-29)46-42(48-43)32-14-13-28-7-4-5-10-30(28)20-32/h1-24,26H. The van der Waals surface area contributed by atoms with Crippen LogP contribution in [0.4, 0.5) is 0 Å². The van der Waals surface area contributed by atoms with Gasteiger partial charge in [-0.15, -0.1) is 11.3 Å². The number of nitrogens with zero attached hydrogens (tertiary/aromatic N) is 5. The van der Waals surface area contributed by atoms with Gasteiger partial charge in [-0.2, -0.15) is 5.26 Å². The van der Waals surface area contributed by atoms with E-state index in [0.717, 1.165) is 54.4 Å². The summed E-state index contributed by atoms with van der Waals surface area (Å²) in [6, 6.07) is 50.0. The number of hydrogen-bond acceptors (Lipinski definition) is 6. The van der Waals surface area contributed by atoms with Crippen LogP contribution in [0.2, 0.25) is 0 Å². The Balaban J connectivity index is 1.24. The molecule has 0 aliphatic heterocycles. The van der Waals surface area contributed by atoms with Crippen molar-refractivity contribution >= 4 is 42.3 Å². The molecule has 0 bridgehead atoms. The second kappa shape index (κ2) is 11.9. The molecule has 0 spiro atoms. The maximum Gasteiger partial charge on any atom is 0.164 e. The van der Waals surface area contributed by atoms with Gasteiger partial charge in [0.2, 0.25) is 0 Å². The molecule has 0 N–H and O–H groups in total. The van der Waals surface area contributed by atoms with Crippen LogP contribution in [0.25, 0.3) is 87.4 Å². The Bertz CT molecular complexity index is 2730. The first-order valence-electron chi connectivity index (χ1n) is 15.9. The molecule has 0 saturated carbocycles. The summed E-state index contributed by atoms with van der Waals surface area (Å²) < 4.78 is 2.27. The van der Waals surface area contributed by atoms with E-state index in [1.807, 2.05) is 72.9 Å². The Kier molecular flexibility index (Phi) is 6.97. The van der Waals surface area contributed by atoms with Gasteiger partial charge in [0.15, 0.2) is 17.5 Å². The SMILES string of the molecule is N#Cc1ccc2c(c1)sc1cc(-c3cc(-c4cccnc4)cc(-c4nc(-c5ccccc5)nc(-c5ccc6ccccc6c5)n4)c3)ccc12. The molecule has 0 radical (unpaired) electrons. The van der Waals surface area contributed by atoms with E-state index in [4.69, 9.17) is 15.0 Å². The molecular formula is C43H25N5S. The molecule has 3 heterocycles. The molecule has 6 heteroatoms. The molecule has 0 saturated heterocycles. The Hall–Kier alpha value is -6.55. The van der Waals surface area contributed by atoms with Gasteiger partial charge in [-0.1, -0.05) is 91.0 Å². The van der Waals surface area contributed by atoms with E-state index in [0.29, 0.717) is 23.0 Å². The number of rotatable bonds is 5. The highest BCUT2D eigenvalue weighted by atomic mass is 32.1. The average Bonchev–Trinajstić information content (AvgIpc) is 3.55. The van der Waals surface area contributed by atoms with E-state index in [1.165, 1.54) is 15.5 Å². The van der Waals surface area contributed by atoms with Crippen LogP contribution in [0.1, 0.15) is 5.56 Å². The monoisotopic (exact) mass is 643 g/mol. The van der Waals surface area contributed by atoms with Crippen molar-refractivity contribution in [2.24, 2.45) is 0 Å². The second-order valence-corrected chi connectivity index (χ2v) is 13.0. The van der Waals surface area contributed by atoms with Crippen LogP contribution in [0.3, 0.4) is 0 Å². The highest BCUT2D eigenvalue weighted by Crippen LogP contribution is 2.39. The van der Waals surface area contributed by atoms with Gasteiger partial charge < -0.3 is 0 Å². The number of fused-ring (bicyclic) bond motifs is 4. The fourth-order valence-electron chi connectivity index (χ4n) is 6.33. The van der Waals surface area contributed by atoms with Crippen molar-refractivity contribution in [1.82, 2.24) is 19.9 Å². The first-order chi connectivity index (χ1) is 24.2. The molecular weight excluding hydrogens is 619 g/mol. The lowest BCUT2D eigenvalue weighted by atomic mass is 9.96. The largest absolute Gasteiger partial charge is 0.264 e. The molecule has 49 heavy (non-hydrogen) atoms. The fourth-order valence-corrected chi connectivity index (χ4v) is 7.51. The highest BCUT2D eigenvalue weighted by Gasteiger charge is 2.16. The minimum absolute atomic E-state index is 0.593. The topological polar surface area (TPSA) is 75.3 Å². The third-order valence-electron chi connectivity index (χ3n) is 8.80. The molecule has 9 aromatic rings. The van der Waals surface area contributed by atoms with Gasteiger partial charge in [-0.05, 0) is 76.0 Å². The predicted molar refractivity (Wildman–Crippen MR) is 200 cm³/mol. The third-order valence-corrected chi connectivity index (χ3v) is 9.91. The lowest BCUT2D eigenvalue weighted by molar-refractivity contribution is 1.07. The van der Waals surface area contributed by atoms with Crippen molar-refractivity contribution in [3.63, 3.8) is 0 Å². The first-order valence-corrected chi connectivity index (χ1v) is 16.7. The zero-order chi connectivity index (χ0) is 32.7. The molecule has 0 atom stereocenters. The highest BCUT2D eigenvalue weighted by molar-refractivity contribution is 7.25. The predicted octanol–water partition coefficient (Wildman–Crippen LogP) is 11.0. The summed E-state index contributed by atoms with van der Waals surface area (Å²) in [4.78, 5) is 19.6. The Morgan fingerprint density at radius 1 is 0.449 bits per heavy atom. The molecule has 0 unspecified atom stereocenters. The van der Waals surface area contributed by atoms with Gasteiger partial charge in [0.1, 0.15) is 0 Å². The van der Waals surface area contributed by atoms with E-state index >= 15 is 0 Å². The normalized spacial score (nSPS) is 11.2. The van der Waals surface area contributed by atoms with Crippen molar-refractivity contribution in [1.29, 1.82) is 5.26 Å². The van der Waals surface area contributed by atoms with Crippen LogP contribution in [0, 0.1) is 11.3 Å². The van der Waals surface area contributed by atoms with Gasteiger partial charge in [0, 0.05) is 54.8 Å². The zero-order valence-corrected chi connectivity index (χ0v) is 26.9. The van der Waals surface area contributed by atoms with Crippen molar-refractivity contribution < 1.29 is 0 Å². The van der Waals surface area contributed by atoms with Crippen molar-refractivity contribution in [2.75, 3.05) is 0 Å². The summed E-state index contributed by atoms with van der Waals surface area (Å²) in [6.45, 7) is 0. The number of hydrogen-bond donors (Lipinski definition) is 0. The van der Waals surface area contributed by atoms with Gasteiger partial charge >= 0.3 is 0 Å². The smallest absolute Gasteiger partial charge is 0.164 e. The lowest BCUT2D eigenvalue weighted by Gasteiger charge is -2.13. The van der Waals surface area contributed by atoms with Crippen molar-refractivity contribution in [3.8, 4) is 62.5 Å². The van der Waals surface area contributed by atoms with Crippen molar-refractivity contribution in [2.45, 2.75) is 0 Å². The molecule has 6 aromatic carbocycles. The number of pyridine rings is 1. The van der Waals surface area contributed by atoms with Gasteiger partial charge in [0.05, 0.1) is 11.6 Å². The summed E-state index contributed by atoms with van der Waals surface area (Å²) in [5.74, 6) is 1.83. The number of nitriles is 1. The minimum atomic E-state index is 0.593. The molecule has 0 aliphatic carbocycles. The quantitative estimate of drug-likeness (QED) is 0.187. The first kappa shape index (κ1) is 28.7. The van der Waals surface area contributed by atoms with Gasteiger partial charge in [0.25, 0.3) is 0 Å². The maximum atomic E-state index is 9.45. The van der Waals surface area contributed by atoms with E-state index in [-0.39, 0.29) is 0 Å². The van der Waals surface area contributed by atoms with Crippen LogP contribution in [0.15, 0.2) is 152 Å². The van der Waals surface area contributed by atoms with E-state index in [2.05, 4.69) is 83.8 Å². The summed E-state index contributed by atoms with van der Waals surface area (Å²) >= 11 is 1.71. The summed E-state index contributed by atoms with van der Waals surface area (Å²) in [5, 5.41) is 14.1. The third kappa shape index (κ3) is 5.39. The fraction of sp³-hybridized carbons (Fsp3) is 0. The summed E-state index contributed by atoms with van der Waals surface area (Å²) in [5.41, 5.74) is 7.55. The van der Waals surface area contributed by atoms with Crippen LogP contribution < -0.4 is 0 Å². The van der Waals surface area contributed by atoms with Crippen LogP contribution in [0.5, 0.6) is 0 Å². The molecule has 3 aromatic heterocycles. The molecule has 0 aliphatic rings. The maximum absolute atomic E-state index is 9.45. The molecule has 5 nitrogen and oxygen atoms in total. The van der Waals surface area contributed by atoms with Gasteiger partial charge in [-0.25, -0.2) is 15.0 Å². The molecule has 0 amide bonds. The van der Waals surface area contributed by atoms with Gasteiger partial charge in [-0.3, -0.25) is 4.98 Å². The Morgan fingerprint density at radius 2 is 1.08 bits per heavy atom. The number of aromatic nitrogens is 4. The Labute approximate surface area is 286 Å². The second-order valence-electron chi connectivity index (χ2n) is 11.9. The average molecular weight is 644 g/mol. The van der Waals surface area contributed by atoms with E-state index < -0.39 is 0 Å². The molecule has 0 fully saturated rings. The number of thiophene rings is 1. The number of benzene rings is 6. The zero-order valence-electron chi connectivity index (χ0n) is 26.1. The Morgan fingerprint density at radius 3 is 1.86 bits per heavy atom. The minimum Gasteiger partial charge on any atom is -0.264 e. The molecule has 9 rings (SSSR count). The van der Waals surface area contributed by atoms with E-state index in [1.54, 1.807) is 17.5 Å². The van der Waals surface area contributed by atoms with Crippen molar-refractivity contribution in [3.05, 3.63) is 157 Å². The van der Waals surface area contributed by atoms with Crippen LogP contribution in [-0.2, 0) is 0 Å². The lowest BCUT2D eigenvalue weighted by Crippen LogP contribution is -2.00. The van der Waals surface area contributed by atoms with E-state index in [9.17, 15) is 5.26 Å². The van der Waals surface area contributed by atoms with Crippen LogP contribution in [-0.4, -0.2) is 19.9 Å². The summed E-state index contributed by atoms with van der Waals surface area (Å²) in [6.07, 6.45) is 3.67. The molecule has 228 valence electrons.